The Morgan fingerprint density at radius 2 is 1.81 bits per heavy atom. The van der Waals surface area contributed by atoms with Crippen molar-refractivity contribution in [2.45, 2.75) is 12.5 Å². The highest BCUT2D eigenvalue weighted by atomic mass is 35.5. The molecule has 1 aliphatic heterocycles. The van der Waals surface area contributed by atoms with Crippen molar-refractivity contribution in [1.29, 1.82) is 0 Å². The molecule has 2 amide bonds. The Morgan fingerprint density at radius 3 is 2.57 bits per heavy atom. The molecule has 5 rings (SSSR count). The number of likely N-dealkylation sites (tertiary alicyclic amines) is 1. The molecule has 2 atom stereocenters. The van der Waals surface area contributed by atoms with Gasteiger partial charge in [0.15, 0.2) is 0 Å². The molecule has 5 N–H and O–H groups in total. The number of hydrogen-bond acceptors (Lipinski definition) is 6. The second kappa shape index (κ2) is 10.5. The van der Waals surface area contributed by atoms with E-state index in [0.29, 0.717) is 41.0 Å². The van der Waals surface area contributed by atoms with E-state index in [9.17, 15) is 9.59 Å². The molecule has 10 nitrogen and oxygen atoms in total. The summed E-state index contributed by atoms with van der Waals surface area (Å²) in [5.41, 5.74) is 3.56. The van der Waals surface area contributed by atoms with Gasteiger partial charge in [0.2, 0.25) is 11.9 Å². The third-order valence-corrected chi connectivity index (χ3v) is 6.61. The predicted molar refractivity (Wildman–Crippen MR) is 144 cm³/mol. The maximum atomic E-state index is 13.0. The van der Waals surface area contributed by atoms with Crippen molar-refractivity contribution in [3.63, 3.8) is 0 Å². The molecule has 190 valence electrons. The zero-order valence-corrected chi connectivity index (χ0v) is 20.8. The number of carbonyl (C=O) groups excluding carboxylic acids is 1. The number of carbonyl (C=O) groups is 2. The lowest BCUT2D eigenvalue weighted by Crippen LogP contribution is -2.48. The summed E-state index contributed by atoms with van der Waals surface area (Å²) in [6.45, 7) is 1.35. The molecule has 11 heteroatoms. The summed E-state index contributed by atoms with van der Waals surface area (Å²) in [6.07, 6.45) is 2.94. The molecule has 2 aromatic heterocycles. The highest BCUT2D eigenvalue weighted by Gasteiger charge is 2.30. The number of nitrogens with one attached hydrogen (secondary N) is 4. The van der Waals surface area contributed by atoms with Crippen molar-refractivity contribution in [2.24, 2.45) is 5.92 Å². The van der Waals surface area contributed by atoms with Crippen LogP contribution >= 0.6 is 11.6 Å². The number of para-hydroxylation sites is 1. The monoisotopic (exact) mass is 519 g/mol. The van der Waals surface area contributed by atoms with Crippen LogP contribution < -0.4 is 16.0 Å². The molecule has 3 heterocycles. The number of carboxylic acid groups (broad SMARTS) is 1. The smallest absolute Gasteiger partial charge is 0.409 e. The zero-order chi connectivity index (χ0) is 25.9. The summed E-state index contributed by atoms with van der Waals surface area (Å²) >= 11 is 6.47. The highest BCUT2D eigenvalue weighted by molar-refractivity contribution is 6.33. The molecule has 2 aromatic carbocycles. The van der Waals surface area contributed by atoms with Crippen LogP contribution in [0.25, 0.3) is 22.2 Å². The minimum atomic E-state index is -1.14. The molecule has 4 aromatic rings. The molecule has 1 fully saturated rings. The predicted octanol–water partition coefficient (Wildman–Crippen LogP) is 4.74. The van der Waals surface area contributed by atoms with Gasteiger partial charge in [-0.15, -0.1) is 0 Å². The first-order valence-electron chi connectivity index (χ1n) is 11.8. The first-order valence-corrected chi connectivity index (χ1v) is 12.2. The standard InChI is InChI=1S/C26H26ClN7O3/c1-34-13-15(24(35)30-16-6-8-17(9-7-16)32-26(36)37)10-18(14-34)31-25-29-12-21(27)23(33-25)20-11-28-22-5-3-2-4-19(20)22/h2-9,11-12,15,18,28,32H,10,13-14H2,1H3,(H,30,35)(H,36,37)(H,29,31,33). The Balaban J connectivity index is 1.27. The quantitative estimate of drug-likeness (QED) is 0.248. The van der Waals surface area contributed by atoms with Crippen LogP contribution in [-0.2, 0) is 4.79 Å². The molecule has 1 saturated heterocycles. The summed E-state index contributed by atoms with van der Waals surface area (Å²) in [6, 6.07) is 14.4. The number of benzene rings is 2. The Bertz CT molecular complexity index is 1440. The molecule has 0 spiro atoms. The fourth-order valence-electron chi connectivity index (χ4n) is 4.69. The third-order valence-electron chi connectivity index (χ3n) is 6.33. The molecular formula is C26H26ClN7O3. The average Bonchev–Trinajstić information content (AvgIpc) is 3.30. The van der Waals surface area contributed by atoms with Crippen LogP contribution in [0.15, 0.2) is 60.9 Å². The summed E-state index contributed by atoms with van der Waals surface area (Å²) < 4.78 is 0. The molecule has 0 radical (unpaired) electrons. The third kappa shape index (κ3) is 5.65. The molecule has 1 aliphatic rings. The largest absolute Gasteiger partial charge is 0.465 e. The number of H-pyrrole nitrogens is 1. The van der Waals surface area contributed by atoms with E-state index in [0.717, 1.165) is 23.0 Å². The van der Waals surface area contributed by atoms with Gasteiger partial charge in [-0.05, 0) is 43.8 Å². The van der Waals surface area contributed by atoms with E-state index in [2.05, 4.69) is 30.8 Å². The lowest BCUT2D eigenvalue weighted by Gasteiger charge is -2.35. The lowest BCUT2D eigenvalue weighted by molar-refractivity contribution is -0.121. The van der Waals surface area contributed by atoms with Crippen molar-refractivity contribution in [3.8, 4) is 11.3 Å². The van der Waals surface area contributed by atoms with Gasteiger partial charge in [0.25, 0.3) is 0 Å². The minimum Gasteiger partial charge on any atom is -0.465 e. The van der Waals surface area contributed by atoms with Gasteiger partial charge in [-0.1, -0.05) is 29.8 Å². The maximum absolute atomic E-state index is 13.0. The molecule has 0 bridgehead atoms. The van der Waals surface area contributed by atoms with Gasteiger partial charge in [0.05, 0.1) is 22.8 Å². The van der Waals surface area contributed by atoms with Crippen LogP contribution in [0.3, 0.4) is 0 Å². The SMILES string of the molecule is CN1CC(Nc2ncc(Cl)c(-c3c[nH]c4ccccc34)n2)CC(C(=O)Nc2ccc(NC(=O)O)cc2)C1. The van der Waals surface area contributed by atoms with Gasteiger partial charge < -0.3 is 25.6 Å². The van der Waals surface area contributed by atoms with Crippen LogP contribution in [-0.4, -0.2) is 63.1 Å². The van der Waals surface area contributed by atoms with Crippen molar-refractivity contribution < 1.29 is 14.7 Å². The van der Waals surface area contributed by atoms with E-state index in [1.165, 1.54) is 0 Å². The highest BCUT2D eigenvalue weighted by Crippen LogP contribution is 2.32. The van der Waals surface area contributed by atoms with E-state index in [-0.39, 0.29) is 17.9 Å². The number of amides is 2. The van der Waals surface area contributed by atoms with Crippen molar-refractivity contribution in [2.75, 3.05) is 36.1 Å². The Labute approximate surface area is 218 Å². The molecule has 0 saturated carbocycles. The average molecular weight is 520 g/mol. The number of piperidine rings is 1. The Kier molecular flexibility index (Phi) is 6.93. The van der Waals surface area contributed by atoms with Gasteiger partial charge in [-0.25, -0.2) is 14.8 Å². The number of hydrogen-bond donors (Lipinski definition) is 5. The summed E-state index contributed by atoms with van der Waals surface area (Å²) in [7, 11) is 1.97. The number of aromatic nitrogens is 3. The number of fused-ring (bicyclic) bond motifs is 1. The number of nitrogens with zero attached hydrogens (tertiary/aromatic N) is 3. The normalized spacial score (nSPS) is 17.9. The van der Waals surface area contributed by atoms with E-state index < -0.39 is 6.09 Å². The summed E-state index contributed by atoms with van der Waals surface area (Å²) in [5, 5.41) is 18.9. The fraction of sp³-hybridized carbons (Fsp3) is 0.231. The van der Waals surface area contributed by atoms with Crippen molar-refractivity contribution >= 4 is 51.8 Å². The van der Waals surface area contributed by atoms with E-state index in [1.54, 1.807) is 30.5 Å². The summed E-state index contributed by atoms with van der Waals surface area (Å²) in [5.74, 6) is 0.0907. The van der Waals surface area contributed by atoms with Crippen LogP contribution in [0.1, 0.15) is 6.42 Å². The molecule has 37 heavy (non-hydrogen) atoms. The second-order valence-corrected chi connectivity index (χ2v) is 9.54. The van der Waals surface area contributed by atoms with Crippen LogP contribution in [0.2, 0.25) is 5.02 Å². The zero-order valence-electron chi connectivity index (χ0n) is 20.0. The number of aromatic amines is 1. The van der Waals surface area contributed by atoms with Gasteiger partial charge in [-0.2, -0.15) is 0 Å². The number of anilines is 3. The summed E-state index contributed by atoms with van der Waals surface area (Å²) in [4.78, 5) is 38.2. The van der Waals surface area contributed by atoms with Crippen molar-refractivity contribution in [3.05, 3.63) is 65.9 Å². The molecule has 0 aliphatic carbocycles. The first-order chi connectivity index (χ1) is 17.9. The number of halogens is 1. The minimum absolute atomic E-state index is 0.0476. The van der Waals surface area contributed by atoms with Gasteiger partial charge >= 0.3 is 6.09 Å². The van der Waals surface area contributed by atoms with Gasteiger partial charge in [0, 0.05) is 53.2 Å². The fourth-order valence-corrected chi connectivity index (χ4v) is 4.89. The van der Waals surface area contributed by atoms with Crippen LogP contribution in [0.4, 0.5) is 22.1 Å². The molecule has 2 unspecified atom stereocenters. The van der Waals surface area contributed by atoms with E-state index in [4.69, 9.17) is 21.7 Å². The first kappa shape index (κ1) is 24.5. The Hall–Kier alpha value is -4.15. The van der Waals surface area contributed by atoms with Crippen LogP contribution in [0, 0.1) is 5.92 Å². The van der Waals surface area contributed by atoms with Crippen molar-refractivity contribution in [1.82, 2.24) is 19.9 Å². The maximum Gasteiger partial charge on any atom is 0.409 e. The van der Waals surface area contributed by atoms with E-state index in [1.807, 2.05) is 37.5 Å². The topological polar surface area (TPSA) is 135 Å². The van der Waals surface area contributed by atoms with Gasteiger partial charge in [0.1, 0.15) is 0 Å². The number of rotatable bonds is 6. The lowest BCUT2D eigenvalue weighted by atomic mass is 9.93. The van der Waals surface area contributed by atoms with Crippen LogP contribution in [0.5, 0.6) is 0 Å². The number of likely N-dealkylation sites (N-methyl/N-ethyl adjacent to an activating group) is 1. The Morgan fingerprint density at radius 1 is 1.08 bits per heavy atom. The van der Waals surface area contributed by atoms with E-state index >= 15 is 0 Å². The second-order valence-electron chi connectivity index (χ2n) is 9.13. The molecular weight excluding hydrogens is 494 g/mol. The van der Waals surface area contributed by atoms with Gasteiger partial charge in [-0.3, -0.25) is 10.1 Å².